The molecule has 1 heterocycles. The van der Waals surface area contributed by atoms with E-state index in [0.717, 1.165) is 0 Å². The van der Waals surface area contributed by atoms with Gasteiger partial charge in [-0.05, 0) is 14.1 Å². The number of rotatable bonds is 6. The third-order valence-electron chi connectivity index (χ3n) is 2.45. The number of carbonyl (C=O) groups excluding carboxylic acids is 3. The SMILES string of the molecule is CN(I)CC(CN(C)I)NC(=O)ON1C(=O)CCC1=O. The number of hydrogen-bond acceptors (Lipinski definition) is 6. The second kappa shape index (κ2) is 8.29. The number of nitrogens with zero attached hydrogens (tertiary/aromatic N) is 3. The van der Waals surface area contributed by atoms with Crippen LogP contribution in [0.4, 0.5) is 4.79 Å². The highest BCUT2D eigenvalue weighted by atomic mass is 127. The van der Waals surface area contributed by atoms with Crippen LogP contribution in [0.5, 0.6) is 0 Å². The van der Waals surface area contributed by atoms with Crippen LogP contribution < -0.4 is 5.32 Å². The van der Waals surface area contributed by atoms with Crippen molar-refractivity contribution in [3.8, 4) is 0 Å². The molecule has 1 aliphatic heterocycles. The monoisotopic (exact) mass is 510 g/mol. The minimum atomic E-state index is -0.796. The van der Waals surface area contributed by atoms with Gasteiger partial charge < -0.3 is 10.2 Å². The predicted octanol–water partition coefficient (Wildman–Crippen LogP) is 0.709. The molecule has 0 aromatic carbocycles. The first-order valence-electron chi connectivity index (χ1n) is 5.87. The third-order valence-corrected chi connectivity index (χ3v) is 3.23. The highest BCUT2D eigenvalue weighted by Gasteiger charge is 2.33. The third kappa shape index (κ3) is 6.05. The van der Waals surface area contributed by atoms with Gasteiger partial charge in [-0.2, -0.15) is 0 Å². The van der Waals surface area contributed by atoms with Gasteiger partial charge in [-0.25, -0.2) is 11.0 Å². The van der Waals surface area contributed by atoms with Gasteiger partial charge in [0.15, 0.2) is 0 Å². The standard InChI is InChI=1S/C10H16I2N4O4/c1-14(11)5-7(6-15(2)12)13-10(19)20-16-8(17)3-4-9(16)18/h7H,3-6H2,1-2H3,(H,13,19). The average Bonchev–Trinajstić information content (AvgIpc) is 2.58. The molecule has 1 saturated heterocycles. The van der Waals surface area contributed by atoms with Crippen LogP contribution in [0.2, 0.25) is 0 Å². The lowest BCUT2D eigenvalue weighted by molar-refractivity contribution is -0.171. The van der Waals surface area contributed by atoms with E-state index in [4.69, 9.17) is 4.84 Å². The topological polar surface area (TPSA) is 82.2 Å². The average molecular weight is 510 g/mol. The van der Waals surface area contributed by atoms with Crippen molar-refractivity contribution in [2.45, 2.75) is 18.9 Å². The Labute approximate surface area is 145 Å². The van der Waals surface area contributed by atoms with E-state index >= 15 is 0 Å². The van der Waals surface area contributed by atoms with Crippen LogP contribution in [0.3, 0.4) is 0 Å². The summed E-state index contributed by atoms with van der Waals surface area (Å²) in [5.41, 5.74) is 0. The van der Waals surface area contributed by atoms with Gasteiger partial charge in [0.1, 0.15) is 0 Å². The maximum absolute atomic E-state index is 11.7. The Hall–Kier alpha value is -0.210. The van der Waals surface area contributed by atoms with Gasteiger partial charge in [-0.15, -0.1) is 5.06 Å². The van der Waals surface area contributed by atoms with Gasteiger partial charge in [0, 0.05) is 71.7 Å². The van der Waals surface area contributed by atoms with Crippen LogP contribution >= 0.6 is 45.7 Å². The lowest BCUT2D eigenvalue weighted by Gasteiger charge is -2.23. The summed E-state index contributed by atoms with van der Waals surface area (Å²) in [6.45, 7) is 1.20. The number of halogens is 2. The summed E-state index contributed by atoms with van der Waals surface area (Å²) < 4.78 is 3.80. The van der Waals surface area contributed by atoms with Crippen LogP contribution in [0.1, 0.15) is 12.8 Å². The van der Waals surface area contributed by atoms with E-state index in [9.17, 15) is 14.4 Å². The molecule has 20 heavy (non-hydrogen) atoms. The Morgan fingerprint density at radius 3 is 2.10 bits per heavy atom. The molecule has 1 aliphatic rings. The molecule has 1 N–H and O–H groups in total. The molecular weight excluding hydrogens is 494 g/mol. The number of likely N-dealkylation sites (N-methyl/N-ethyl adjacent to an activating group) is 2. The largest absolute Gasteiger partial charge is 0.432 e. The molecule has 0 aliphatic carbocycles. The van der Waals surface area contributed by atoms with E-state index in [-0.39, 0.29) is 18.9 Å². The van der Waals surface area contributed by atoms with Crippen LogP contribution in [0, 0.1) is 0 Å². The van der Waals surface area contributed by atoms with Crippen molar-refractivity contribution in [3.63, 3.8) is 0 Å². The fraction of sp³-hybridized carbons (Fsp3) is 0.700. The maximum atomic E-state index is 11.7. The van der Waals surface area contributed by atoms with Crippen molar-refractivity contribution in [1.29, 1.82) is 0 Å². The van der Waals surface area contributed by atoms with Crippen molar-refractivity contribution in [2.75, 3.05) is 27.2 Å². The number of nitrogens with one attached hydrogen (secondary N) is 1. The molecule has 10 heteroatoms. The fourth-order valence-corrected chi connectivity index (χ4v) is 2.64. The van der Waals surface area contributed by atoms with E-state index in [1.165, 1.54) is 0 Å². The van der Waals surface area contributed by atoms with E-state index in [1.807, 2.05) is 20.3 Å². The lowest BCUT2D eigenvalue weighted by Crippen LogP contribution is -2.47. The first-order chi connectivity index (χ1) is 9.29. The fourth-order valence-electron chi connectivity index (χ4n) is 1.69. The summed E-state index contributed by atoms with van der Waals surface area (Å²) in [7, 11) is 3.75. The molecule has 0 bridgehead atoms. The minimum absolute atomic E-state index is 0.0858. The van der Waals surface area contributed by atoms with E-state index in [2.05, 4.69) is 51.0 Å². The first kappa shape index (κ1) is 17.8. The second-order valence-corrected chi connectivity index (χ2v) is 7.67. The highest BCUT2D eigenvalue weighted by Crippen LogP contribution is 2.12. The summed E-state index contributed by atoms with van der Waals surface area (Å²) in [6.07, 6.45) is -0.625. The number of hydrogen-bond donors (Lipinski definition) is 1. The van der Waals surface area contributed by atoms with Gasteiger partial charge in [0.05, 0.1) is 6.04 Å². The van der Waals surface area contributed by atoms with E-state index < -0.39 is 17.9 Å². The summed E-state index contributed by atoms with van der Waals surface area (Å²) in [5, 5.41) is 3.18. The Kier molecular flexibility index (Phi) is 7.39. The predicted molar refractivity (Wildman–Crippen MR) is 87.8 cm³/mol. The maximum Gasteiger partial charge on any atom is 0.432 e. The molecule has 0 atom stereocenters. The van der Waals surface area contributed by atoms with Crippen molar-refractivity contribution >= 4 is 63.6 Å². The van der Waals surface area contributed by atoms with Gasteiger partial charge in [0.2, 0.25) is 0 Å². The molecule has 1 rings (SSSR count). The van der Waals surface area contributed by atoms with Crippen molar-refractivity contribution in [1.82, 2.24) is 16.6 Å². The number of amides is 3. The van der Waals surface area contributed by atoms with Gasteiger partial charge >= 0.3 is 6.09 Å². The van der Waals surface area contributed by atoms with Crippen LogP contribution in [-0.4, -0.2) is 62.4 Å². The Bertz CT molecular complexity index is 365. The van der Waals surface area contributed by atoms with Gasteiger partial charge in [0.25, 0.3) is 11.8 Å². The summed E-state index contributed by atoms with van der Waals surface area (Å²) in [6, 6.07) is -0.181. The Morgan fingerprint density at radius 2 is 1.70 bits per heavy atom. The van der Waals surface area contributed by atoms with Crippen LogP contribution in [0.15, 0.2) is 0 Å². The molecule has 0 unspecified atom stereocenters. The molecule has 3 amide bonds. The summed E-state index contributed by atoms with van der Waals surface area (Å²) >= 11 is 4.22. The molecule has 0 spiro atoms. The summed E-state index contributed by atoms with van der Waals surface area (Å²) in [4.78, 5) is 39.2. The molecule has 0 radical (unpaired) electrons. The zero-order valence-electron chi connectivity index (χ0n) is 11.1. The smallest absolute Gasteiger partial charge is 0.314 e. The minimum Gasteiger partial charge on any atom is -0.314 e. The summed E-state index contributed by atoms with van der Waals surface area (Å²) in [5.74, 6) is -0.975. The van der Waals surface area contributed by atoms with Crippen LogP contribution in [-0.2, 0) is 14.4 Å². The Morgan fingerprint density at radius 1 is 1.25 bits per heavy atom. The molecule has 8 nitrogen and oxygen atoms in total. The van der Waals surface area contributed by atoms with Gasteiger partial charge in [-0.3, -0.25) is 9.59 Å². The molecule has 114 valence electrons. The number of hydroxylamine groups is 2. The Balaban J connectivity index is 2.52. The molecule has 0 aromatic heterocycles. The van der Waals surface area contributed by atoms with Crippen molar-refractivity contribution in [3.05, 3.63) is 0 Å². The van der Waals surface area contributed by atoms with E-state index in [0.29, 0.717) is 18.2 Å². The first-order valence-corrected chi connectivity index (χ1v) is 7.80. The zero-order chi connectivity index (χ0) is 15.3. The molecule has 0 saturated carbocycles. The normalized spacial score (nSPS) is 15.7. The zero-order valence-corrected chi connectivity index (χ0v) is 15.5. The van der Waals surface area contributed by atoms with E-state index in [1.54, 1.807) is 0 Å². The highest BCUT2D eigenvalue weighted by molar-refractivity contribution is 14.1. The molecular formula is C10H16I2N4O4. The number of imide groups is 1. The number of carbonyl (C=O) groups is 3. The quantitative estimate of drug-likeness (QED) is 0.322. The van der Waals surface area contributed by atoms with Crippen molar-refractivity contribution < 1.29 is 19.2 Å². The lowest BCUT2D eigenvalue weighted by atomic mass is 10.3. The second-order valence-electron chi connectivity index (χ2n) is 4.38. The van der Waals surface area contributed by atoms with Crippen LogP contribution in [0.25, 0.3) is 0 Å². The van der Waals surface area contributed by atoms with Crippen molar-refractivity contribution in [2.24, 2.45) is 0 Å². The molecule has 0 aromatic rings. The van der Waals surface area contributed by atoms with Gasteiger partial charge in [-0.1, -0.05) is 0 Å². The molecule has 1 fully saturated rings.